The van der Waals surface area contributed by atoms with Crippen LogP contribution in [0.3, 0.4) is 0 Å². The summed E-state index contributed by atoms with van der Waals surface area (Å²) in [6.07, 6.45) is 5.72. The van der Waals surface area contributed by atoms with Gasteiger partial charge in [0.05, 0.1) is 12.2 Å². The van der Waals surface area contributed by atoms with Gasteiger partial charge in [0, 0.05) is 11.8 Å². The fourth-order valence-electron chi connectivity index (χ4n) is 2.25. The van der Waals surface area contributed by atoms with Crippen molar-refractivity contribution in [1.82, 2.24) is 20.1 Å². The van der Waals surface area contributed by atoms with Crippen molar-refractivity contribution in [3.8, 4) is 5.69 Å². The van der Waals surface area contributed by atoms with Crippen LogP contribution in [-0.4, -0.2) is 33.1 Å². The van der Waals surface area contributed by atoms with Crippen LogP contribution in [0.5, 0.6) is 0 Å². The lowest BCUT2D eigenvalue weighted by atomic mass is 10.2. The summed E-state index contributed by atoms with van der Waals surface area (Å²) in [6, 6.07) is 12.9. The van der Waals surface area contributed by atoms with E-state index in [9.17, 15) is 14.0 Å². The van der Waals surface area contributed by atoms with Crippen molar-refractivity contribution < 1.29 is 14.0 Å². The van der Waals surface area contributed by atoms with Gasteiger partial charge in [0.25, 0.3) is 0 Å². The monoisotopic (exact) mass is 365 g/mol. The van der Waals surface area contributed by atoms with E-state index >= 15 is 0 Å². The quantitative estimate of drug-likeness (QED) is 0.655. The van der Waals surface area contributed by atoms with E-state index in [2.05, 4.69) is 20.7 Å². The molecule has 0 aliphatic heterocycles. The minimum Gasteiger partial charge on any atom is -0.343 e. The van der Waals surface area contributed by atoms with Crippen molar-refractivity contribution in [1.29, 1.82) is 0 Å². The van der Waals surface area contributed by atoms with Crippen molar-refractivity contribution in [3.63, 3.8) is 0 Å². The molecule has 0 radical (unpaired) electrons. The topological polar surface area (TPSA) is 88.9 Å². The Hall–Kier alpha value is -3.81. The third-order valence-corrected chi connectivity index (χ3v) is 3.53. The molecule has 0 aliphatic carbocycles. The first-order chi connectivity index (χ1) is 13.1. The van der Waals surface area contributed by atoms with Crippen LogP contribution < -0.4 is 10.6 Å². The Labute approximate surface area is 154 Å². The van der Waals surface area contributed by atoms with E-state index in [1.54, 1.807) is 47.4 Å². The number of nitrogens with zero attached hydrogens (tertiary/aromatic N) is 3. The fourth-order valence-corrected chi connectivity index (χ4v) is 2.25. The standard InChI is InChI=1S/C19H16FN5O2/c20-15-3-1-2-14(10-15)4-9-18(26)22-11-19(27)24-16-5-7-17(8-6-16)25-13-21-12-23-25/h1-10,12-13H,11H2,(H,22,26)(H,24,27)/b9-4+. The molecule has 0 unspecified atom stereocenters. The molecule has 8 heteroatoms. The summed E-state index contributed by atoms with van der Waals surface area (Å²) in [5, 5.41) is 9.16. The van der Waals surface area contributed by atoms with Crippen molar-refractivity contribution in [2.24, 2.45) is 0 Å². The van der Waals surface area contributed by atoms with Gasteiger partial charge in [0.2, 0.25) is 11.8 Å². The summed E-state index contributed by atoms with van der Waals surface area (Å²) in [5.41, 5.74) is 1.96. The molecule has 2 aromatic carbocycles. The summed E-state index contributed by atoms with van der Waals surface area (Å²) >= 11 is 0. The van der Waals surface area contributed by atoms with Crippen LogP contribution >= 0.6 is 0 Å². The molecule has 1 aromatic heterocycles. The number of rotatable bonds is 6. The van der Waals surface area contributed by atoms with Gasteiger partial charge >= 0.3 is 0 Å². The van der Waals surface area contributed by atoms with Crippen LogP contribution in [0.1, 0.15) is 5.56 Å². The SMILES string of the molecule is O=C(/C=C/c1cccc(F)c1)NCC(=O)Nc1ccc(-n2cncn2)cc1. The van der Waals surface area contributed by atoms with E-state index in [-0.39, 0.29) is 18.3 Å². The highest BCUT2D eigenvalue weighted by Gasteiger charge is 2.05. The smallest absolute Gasteiger partial charge is 0.244 e. The highest BCUT2D eigenvalue weighted by molar-refractivity contribution is 5.98. The second-order valence-corrected chi connectivity index (χ2v) is 5.54. The van der Waals surface area contributed by atoms with E-state index in [0.29, 0.717) is 11.3 Å². The molecule has 136 valence electrons. The molecule has 3 rings (SSSR count). The number of hydrogen-bond acceptors (Lipinski definition) is 4. The lowest BCUT2D eigenvalue weighted by Crippen LogP contribution is -2.31. The van der Waals surface area contributed by atoms with Gasteiger partial charge in [0.15, 0.2) is 0 Å². The summed E-state index contributed by atoms with van der Waals surface area (Å²) in [6.45, 7) is -0.183. The molecule has 0 saturated heterocycles. The zero-order chi connectivity index (χ0) is 19.1. The molecule has 2 N–H and O–H groups in total. The second-order valence-electron chi connectivity index (χ2n) is 5.54. The van der Waals surface area contributed by atoms with Gasteiger partial charge in [-0.05, 0) is 48.0 Å². The Bertz CT molecular complexity index is 952. The number of amides is 2. The Morgan fingerprint density at radius 1 is 1.15 bits per heavy atom. The Morgan fingerprint density at radius 3 is 2.67 bits per heavy atom. The molecule has 1 heterocycles. The number of carbonyl (C=O) groups excluding carboxylic acids is 2. The number of hydrogen-bond donors (Lipinski definition) is 2. The highest BCUT2D eigenvalue weighted by atomic mass is 19.1. The molecule has 27 heavy (non-hydrogen) atoms. The number of benzene rings is 2. The van der Waals surface area contributed by atoms with E-state index in [1.807, 2.05) is 0 Å². The van der Waals surface area contributed by atoms with E-state index < -0.39 is 5.91 Å². The molecule has 0 fully saturated rings. The van der Waals surface area contributed by atoms with Gasteiger partial charge in [-0.15, -0.1) is 0 Å². The number of anilines is 1. The Balaban J connectivity index is 1.47. The normalized spacial score (nSPS) is 10.7. The molecule has 0 atom stereocenters. The molecular formula is C19H16FN5O2. The maximum Gasteiger partial charge on any atom is 0.244 e. The molecule has 0 spiro atoms. The fraction of sp³-hybridized carbons (Fsp3) is 0.0526. The molecular weight excluding hydrogens is 349 g/mol. The van der Waals surface area contributed by atoms with Crippen LogP contribution in [-0.2, 0) is 9.59 Å². The zero-order valence-electron chi connectivity index (χ0n) is 14.2. The number of halogens is 1. The predicted molar refractivity (Wildman–Crippen MR) is 98.4 cm³/mol. The van der Waals surface area contributed by atoms with E-state index in [1.165, 1.54) is 30.6 Å². The van der Waals surface area contributed by atoms with E-state index in [4.69, 9.17) is 0 Å². The van der Waals surface area contributed by atoms with Crippen LogP contribution in [0.15, 0.2) is 67.3 Å². The van der Waals surface area contributed by atoms with Crippen molar-refractivity contribution in [3.05, 3.63) is 78.6 Å². The van der Waals surface area contributed by atoms with Crippen LogP contribution in [0.4, 0.5) is 10.1 Å². The lowest BCUT2D eigenvalue weighted by molar-refractivity contribution is -0.121. The third kappa shape index (κ3) is 5.33. The molecule has 3 aromatic rings. The van der Waals surface area contributed by atoms with Gasteiger partial charge in [-0.25, -0.2) is 14.1 Å². The number of aromatic nitrogens is 3. The van der Waals surface area contributed by atoms with Crippen molar-refractivity contribution in [2.45, 2.75) is 0 Å². The van der Waals surface area contributed by atoms with Crippen LogP contribution in [0.2, 0.25) is 0 Å². The molecule has 0 saturated carbocycles. The minimum absolute atomic E-state index is 0.183. The average molecular weight is 365 g/mol. The minimum atomic E-state index is -0.448. The first kappa shape index (κ1) is 18.0. The average Bonchev–Trinajstić information content (AvgIpc) is 3.20. The molecule has 2 amide bonds. The Morgan fingerprint density at radius 2 is 1.96 bits per heavy atom. The number of nitrogens with one attached hydrogen (secondary N) is 2. The lowest BCUT2D eigenvalue weighted by Gasteiger charge is -2.07. The zero-order valence-corrected chi connectivity index (χ0v) is 14.2. The van der Waals surface area contributed by atoms with Gasteiger partial charge < -0.3 is 10.6 Å². The summed E-state index contributed by atoms with van der Waals surface area (Å²) in [7, 11) is 0. The van der Waals surface area contributed by atoms with Crippen LogP contribution in [0.25, 0.3) is 11.8 Å². The summed E-state index contributed by atoms with van der Waals surface area (Å²) in [4.78, 5) is 27.5. The summed E-state index contributed by atoms with van der Waals surface area (Å²) < 4.78 is 14.7. The van der Waals surface area contributed by atoms with Gasteiger partial charge in [0.1, 0.15) is 18.5 Å². The van der Waals surface area contributed by atoms with E-state index in [0.717, 1.165) is 5.69 Å². The third-order valence-electron chi connectivity index (χ3n) is 3.53. The first-order valence-corrected chi connectivity index (χ1v) is 8.06. The Kier molecular flexibility index (Phi) is 5.68. The first-order valence-electron chi connectivity index (χ1n) is 8.06. The summed E-state index contributed by atoms with van der Waals surface area (Å²) in [5.74, 6) is -1.20. The molecule has 0 aliphatic rings. The van der Waals surface area contributed by atoms with Crippen molar-refractivity contribution in [2.75, 3.05) is 11.9 Å². The van der Waals surface area contributed by atoms with Gasteiger partial charge in [-0.2, -0.15) is 5.10 Å². The van der Waals surface area contributed by atoms with Crippen LogP contribution in [0, 0.1) is 5.82 Å². The number of carbonyl (C=O) groups is 2. The van der Waals surface area contributed by atoms with Crippen molar-refractivity contribution >= 4 is 23.6 Å². The maximum absolute atomic E-state index is 13.1. The maximum atomic E-state index is 13.1. The molecule has 7 nitrogen and oxygen atoms in total. The largest absolute Gasteiger partial charge is 0.343 e. The van der Waals surface area contributed by atoms with Gasteiger partial charge in [-0.1, -0.05) is 12.1 Å². The van der Waals surface area contributed by atoms with Gasteiger partial charge in [-0.3, -0.25) is 9.59 Å². The second kappa shape index (κ2) is 8.52. The molecule has 0 bridgehead atoms. The highest BCUT2D eigenvalue weighted by Crippen LogP contribution is 2.12. The predicted octanol–water partition coefficient (Wildman–Crippen LogP) is 2.17.